The fourth-order valence-electron chi connectivity index (χ4n) is 2.36. The van der Waals surface area contributed by atoms with Gasteiger partial charge < -0.3 is 10.1 Å². The Morgan fingerprint density at radius 1 is 0.862 bits per heavy atom. The third-order valence-corrected chi connectivity index (χ3v) is 7.69. The molecule has 9 nitrogen and oxygen atoms in total. The Hall–Kier alpha value is -2.47. The van der Waals surface area contributed by atoms with Crippen LogP contribution in [0, 0.1) is 0 Å². The zero-order valence-electron chi connectivity index (χ0n) is 16.7. The largest absolute Gasteiger partial charge is 0.495 e. The van der Waals surface area contributed by atoms with Gasteiger partial charge in [-0.3, -0.25) is 4.79 Å². The first-order chi connectivity index (χ1) is 13.4. The minimum atomic E-state index is -3.72. The van der Waals surface area contributed by atoms with Crippen molar-refractivity contribution in [1.29, 1.82) is 0 Å². The molecule has 0 unspecified atom stereocenters. The van der Waals surface area contributed by atoms with Gasteiger partial charge >= 0.3 is 0 Å². The molecule has 29 heavy (non-hydrogen) atoms. The van der Waals surface area contributed by atoms with Gasteiger partial charge in [-0.2, -0.15) is 0 Å². The van der Waals surface area contributed by atoms with Crippen molar-refractivity contribution in [1.82, 2.24) is 8.61 Å². The molecule has 0 saturated carbocycles. The highest BCUT2D eigenvalue weighted by atomic mass is 32.2. The summed E-state index contributed by atoms with van der Waals surface area (Å²) in [6.45, 7) is 0. The molecule has 2 rings (SSSR count). The SMILES string of the molecule is COc1ccc(S(=O)(=O)N(C)C)cc1NC(=O)c1cccc(S(=O)(=O)N(C)C)c1. The van der Waals surface area contributed by atoms with Crippen LogP contribution in [-0.2, 0) is 20.0 Å². The Bertz CT molecular complexity index is 1130. The van der Waals surface area contributed by atoms with E-state index in [0.717, 1.165) is 8.61 Å². The van der Waals surface area contributed by atoms with E-state index in [-0.39, 0.29) is 26.8 Å². The number of amides is 1. The van der Waals surface area contributed by atoms with Gasteiger partial charge in [0.1, 0.15) is 5.75 Å². The molecule has 0 heterocycles. The molecule has 0 aromatic heterocycles. The predicted molar refractivity (Wildman–Crippen MR) is 109 cm³/mol. The second-order valence-corrected chi connectivity index (χ2v) is 10.7. The monoisotopic (exact) mass is 441 g/mol. The number of benzene rings is 2. The van der Waals surface area contributed by atoms with Gasteiger partial charge in [-0.05, 0) is 36.4 Å². The molecule has 0 saturated heterocycles. The molecule has 0 spiro atoms. The molecule has 0 aliphatic carbocycles. The Labute approximate surface area is 171 Å². The highest BCUT2D eigenvalue weighted by molar-refractivity contribution is 7.89. The number of sulfonamides is 2. The maximum Gasteiger partial charge on any atom is 0.255 e. The first-order valence-corrected chi connectivity index (χ1v) is 11.2. The summed E-state index contributed by atoms with van der Waals surface area (Å²) in [5, 5.41) is 2.58. The summed E-state index contributed by atoms with van der Waals surface area (Å²) < 4.78 is 56.6. The number of ether oxygens (including phenoxy) is 1. The molecule has 0 aliphatic rings. The zero-order valence-corrected chi connectivity index (χ0v) is 18.3. The molecular weight excluding hydrogens is 418 g/mol. The van der Waals surface area contributed by atoms with Crippen LogP contribution in [0.15, 0.2) is 52.3 Å². The topological polar surface area (TPSA) is 113 Å². The van der Waals surface area contributed by atoms with Crippen molar-refractivity contribution in [2.24, 2.45) is 0 Å². The molecule has 2 aromatic carbocycles. The van der Waals surface area contributed by atoms with Gasteiger partial charge in [0, 0.05) is 33.8 Å². The number of hydrogen-bond donors (Lipinski definition) is 1. The predicted octanol–water partition coefficient (Wildman–Crippen LogP) is 1.45. The maximum atomic E-state index is 12.7. The lowest BCUT2D eigenvalue weighted by Gasteiger charge is -2.15. The minimum absolute atomic E-state index is 0.0254. The van der Waals surface area contributed by atoms with Crippen molar-refractivity contribution in [3.05, 3.63) is 48.0 Å². The number of carbonyl (C=O) groups excluding carboxylic acids is 1. The van der Waals surface area contributed by atoms with Crippen molar-refractivity contribution in [2.45, 2.75) is 9.79 Å². The van der Waals surface area contributed by atoms with Crippen LogP contribution in [0.1, 0.15) is 10.4 Å². The molecule has 11 heteroatoms. The standard InChI is InChI=1S/C18H23N3O6S2/c1-20(2)28(23,24)14-8-6-7-13(11-14)18(22)19-16-12-15(9-10-17(16)27-5)29(25,26)21(3)4/h6-12H,1-5H3,(H,19,22). The van der Waals surface area contributed by atoms with E-state index in [1.54, 1.807) is 0 Å². The summed E-state index contributed by atoms with van der Waals surface area (Å²) in [7, 11) is -0.465. The molecule has 0 aliphatic heterocycles. The third kappa shape index (κ3) is 4.75. The van der Waals surface area contributed by atoms with E-state index in [2.05, 4.69) is 5.32 Å². The summed E-state index contributed by atoms with van der Waals surface area (Å²) in [5.41, 5.74) is 0.233. The Balaban J connectivity index is 2.43. The van der Waals surface area contributed by atoms with Crippen LogP contribution in [-0.4, -0.2) is 66.7 Å². The number of carbonyl (C=O) groups is 1. The van der Waals surface area contributed by atoms with Crippen LogP contribution in [0.25, 0.3) is 0 Å². The van der Waals surface area contributed by atoms with E-state index in [1.165, 1.54) is 77.8 Å². The summed E-state index contributed by atoms with van der Waals surface area (Å²) >= 11 is 0. The molecule has 0 bridgehead atoms. The van der Waals surface area contributed by atoms with Gasteiger partial charge in [0.05, 0.1) is 22.6 Å². The average Bonchev–Trinajstić information content (AvgIpc) is 2.67. The van der Waals surface area contributed by atoms with E-state index in [1.807, 2.05) is 0 Å². The summed E-state index contributed by atoms with van der Waals surface area (Å²) in [6, 6.07) is 9.63. The second-order valence-electron chi connectivity index (χ2n) is 6.42. The molecule has 0 radical (unpaired) electrons. The number of nitrogens with zero attached hydrogens (tertiary/aromatic N) is 2. The summed E-state index contributed by atoms with van der Waals surface area (Å²) in [4.78, 5) is 12.6. The maximum absolute atomic E-state index is 12.7. The quantitative estimate of drug-likeness (QED) is 0.696. The van der Waals surface area contributed by atoms with E-state index in [0.29, 0.717) is 0 Å². The fourth-order valence-corrected chi connectivity index (χ4v) is 4.24. The van der Waals surface area contributed by atoms with Crippen LogP contribution in [0.3, 0.4) is 0 Å². The van der Waals surface area contributed by atoms with Gasteiger partial charge in [0.2, 0.25) is 20.0 Å². The van der Waals surface area contributed by atoms with Crippen LogP contribution in [0.2, 0.25) is 0 Å². The van der Waals surface area contributed by atoms with Gasteiger partial charge in [-0.25, -0.2) is 25.4 Å². The molecule has 0 atom stereocenters. The van der Waals surface area contributed by atoms with Crippen molar-refractivity contribution >= 4 is 31.6 Å². The highest BCUT2D eigenvalue weighted by Gasteiger charge is 2.21. The van der Waals surface area contributed by atoms with Gasteiger partial charge in [-0.15, -0.1) is 0 Å². The number of hydrogen-bond acceptors (Lipinski definition) is 6. The van der Waals surface area contributed by atoms with E-state index in [9.17, 15) is 21.6 Å². The first-order valence-electron chi connectivity index (χ1n) is 8.35. The molecule has 1 amide bonds. The van der Waals surface area contributed by atoms with Crippen molar-refractivity contribution in [2.75, 3.05) is 40.6 Å². The van der Waals surface area contributed by atoms with Crippen LogP contribution >= 0.6 is 0 Å². The fraction of sp³-hybridized carbons (Fsp3) is 0.278. The summed E-state index contributed by atoms with van der Waals surface area (Å²) in [6.07, 6.45) is 0. The third-order valence-electron chi connectivity index (χ3n) is 4.07. The Morgan fingerprint density at radius 3 is 1.93 bits per heavy atom. The van der Waals surface area contributed by atoms with Crippen molar-refractivity contribution < 1.29 is 26.4 Å². The minimum Gasteiger partial charge on any atom is -0.495 e. The number of methoxy groups -OCH3 is 1. The highest BCUT2D eigenvalue weighted by Crippen LogP contribution is 2.29. The van der Waals surface area contributed by atoms with Gasteiger partial charge in [0.25, 0.3) is 5.91 Å². The van der Waals surface area contributed by atoms with E-state index >= 15 is 0 Å². The smallest absolute Gasteiger partial charge is 0.255 e. The lowest BCUT2D eigenvalue weighted by molar-refractivity contribution is 0.102. The lowest BCUT2D eigenvalue weighted by Crippen LogP contribution is -2.23. The van der Waals surface area contributed by atoms with Gasteiger partial charge in [-0.1, -0.05) is 6.07 Å². The van der Waals surface area contributed by atoms with E-state index < -0.39 is 26.0 Å². The molecular formula is C18H23N3O6S2. The Morgan fingerprint density at radius 2 is 1.41 bits per heavy atom. The molecule has 2 aromatic rings. The average molecular weight is 442 g/mol. The second kappa shape index (κ2) is 8.49. The van der Waals surface area contributed by atoms with Crippen LogP contribution in [0.5, 0.6) is 5.75 Å². The lowest BCUT2D eigenvalue weighted by atomic mass is 10.2. The van der Waals surface area contributed by atoms with Crippen molar-refractivity contribution in [3.63, 3.8) is 0 Å². The van der Waals surface area contributed by atoms with E-state index in [4.69, 9.17) is 4.74 Å². The van der Waals surface area contributed by atoms with Gasteiger partial charge in [0.15, 0.2) is 0 Å². The van der Waals surface area contributed by atoms with Crippen LogP contribution in [0.4, 0.5) is 5.69 Å². The molecule has 158 valence electrons. The van der Waals surface area contributed by atoms with Crippen LogP contribution < -0.4 is 10.1 Å². The van der Waals surface area contributed by atoms with Crippen molar-refractivity contribution in [3.8, 4) is 5.75 Å². The number of rotatable bonds is 7. The normalized spacial score (nSPS) is 12.2. The Kier molecular flexibility index (Phi) is 6.68. The first kappa shape index (κ1) is 22.8. The zero-order chi connectivity index (χ0) is 22.0. The summed E-state index contributed by atoms with van der Waals surface area (Å²) in [5.74, 6) is -0.355. The molecule has 1 N–H and O–H groups in total. The molecule has 0 fully saturated rings. The number of anilines is 1. The number of nitrogens with one attached hydrogen (secondary N) is 1.